The molecule has 2 heterocycles. The van der Waals surface area contributed by atoms with Crippen molar-refractivity contribution in [2.24, 2.45) is 11.8 Å². The zero-order valence-corrected chi connectivity index (χ0v) is 16.4. The molecule has 148 valence electrons. The van der Waals surface area contributed by atoms with Crippen LogP contribution in [0.25, 0.3) is 0 Å². The molecular formula is C22H28N4O2. The second-order valence-corrected chi connectivity index (χ2v) is 7.49. The van der Waals surface area contributed by atoms with Crippen LogP contribution in [0.5, 0.6) is 0 Å². The van der Waals surface area contributed by atoms with E-state index in [-0.39, 0.29) is 23.7 Å². The van der Waals surface area contributed by atoms with Crippen LogP contribution in [-0.4, -0.2) is 40.3 Å². The zero-order chi connectivity index (χ0) is 19.8. The third-order valence-electron chi connectivity index (χ3n) is 5.50. The van der Waals surface area contributed by atoms with Gasteiger partial charge < -0.3 is 10.2 Å². The number of hydrogen-bond acceptors (Lipinski definition) is 4. The standard InChI is InChI=1S/C22H28N4O2/c1-26(14-10-17-8-12-23-13-9-17)22(28)20-6-4-19(5-7-20)21(27)25-16-18-3-2-11-24-15-18/h2-3,8-9,11-13,15,19-20H,4-7,10,14,16H2,1H3,(H,25,27). The highest BCUT2D eigenvalue weighted by Crippen LogP contribution is 2.30. The van der Waals surface area contributed by atoms with Crippen molar-refractivity contribution in [1.82, 2.24) is 20.2 Å². The van der Waals surface area contributed by atoms with Gasteiger partial charge in [-0.15, -0.1) is 0 Å². The normalized spacial score (nSPS) is 19.0. The SMILES string of the molecule is CN(CCc1ccncc1)C(=O)C1CCC(C(=O)NCc2cccnc2)CC1. The van der Waals surface area contributed by atoms with E-state index in [0.29, 0.717) is 13.1 Å². The van der Waals surface area contributed by atoms with E-state index in [0.717, 1.165) is 37.7 Å². The molecule has 0 radical (unpaired) electrons. The minimum Gasteiger partial charge on any atom is -0.352 e. The summed E-state index contributed by atoms with van der Waals surface area (Å²) in [5.74, 6) is 0.316. The lowest BCUT2D eigenvalue weighted by Gasteiger charge is -2.30. The van der Waals surface area contributed by atoms with Gasteiger partial charge in [0, 0.05) is 56.8 Å². The summed E-state index contributed by atoms with van der Waals surface area (Å²) in [5, 5.41) is 2.99. The van der Waals surface area contributed by atoms with Crippen LogP contribution in [0.2, 0.25) is 0 Å². The molecule has 1 aliphatic rings. The van der Waals surface area contributed by atoms with E-state index in [4.69, 9.17) is 0 Å². The fourth-order valence-electron chi connectivity index (χ4n) is 3.71. The molecule has 6 heteroatoms. The highest BCUT2D eigenvalue weighted by Gasteiger charge is 2.31. The van der Waals surface area contributed by atoms with E-state index < -0.39 is 0 Å². The van der Waals surface area contributed by atoms with Crippen molar-refractivity contribution in [3.05, 3.63) is 60.2 Å². The minimum absolute atomic E-state index is 0.00264. The third-order valence-corrected chi connectivity index (χ3v) is 5.50. The van der Waals surface area contributed by atoms with Crippen LogP contribution in [0, 0.1) is 11.8 Å². The Bertz CT molecular complexity index is 759. The molecule has 2 aromatic rings. The lowest BCUT2D eigenvalue weighted by Crippen LogP contribution is -2.38. The first-order valence-corrected chi connectivity index (χ1v) is 9.94. The first-order chi connectivity index (χ1) is 13.6. The van der Waals surface area contributed by atoms with Gasteiger partial charge in [0.15, 0.2) is 0 Å². The molecule has 0 saturated heterocycles. The van der Waals surface area contributed by atoms with Crippen LogP contribution in [0.15, 0.2) is 49.1 Å². The molecule has 0 atom stereocenters. The molecule has 0 aromatic carbocycles. The summed E-state index contributed by atoms with van der Waals surface area (Å²) in [7, 11) is 1.87. The summed E-state index contributed by atoms with van der Waals surface area (Å²) >= 11 is 0. The average Bonchev–Trinajstić information content (AvgIpc) is 2.77. The average molecular weight is 380 g/mol. The van der Waals surface area contributed by atoms with Crippen LogP contribution >= 0.6 is 0 Å². The van der Waals surface area contributed by atoms with Gasteiger partial charge in [-0.3, -0.25) is 19.6 Å². The Balaban J connectivity index is 1.40. The van der Waals surface area contributed by atoms with Gasteiger partial charge in [0.05, 0.1) is 0 Å². The lowest BCUT2D eigenvalue weighted by atomic mass is 9.81. The minimum atomic E-state index is 0.00264. The van der Waals surface area contributed by atoms with Crippen molar-refractivity contribution in [1.29, 1.82) is 0 Å². The number of carbonyl (C=O) groups is 2. The maximum Gasteiger partial charge on any atom is 0.225 e. The molecule has 0 aliphatic heterocycles. The molecule has 2 aromatic heterocycles. The molecule has 1 fully saturated rings. The van der Waals surface area contributed by atoms with Gasteiger partial charge in [0.1, 0.15) is 0 Å². The van der Waals surface area contributed by atoms with E-state index in [1.807, 2.05) is 36.2 Å². The number of aromatic nitrogens is 2. The Morgan fingerprint density at radius 3 is 2.39 bits per heavy atom. The molecule has 0 spiro atoms. The molecule has 1 aliphatic carbocycles. The molecule has 0 bridgehead atoms. The maximum atomic E-state index is 12.7. The monoisotopic (exact) mass is 380 g/mol. The Morgan fingerprint density at radius 2 is 1.71 bits per heavy atom. The number of rotatable bonds is 7. The smallest absolute Gasteiger partial charge is 0.225 e. The van der Waals surface area contributed by atoms with Crippen molar-refractivity contribution in [3.8, 4) is 0 Å². The Hall–Kier alpha value is -2.76. The fourth-order valence-corrected chi connectivity index (χ4v) is 3.71. The highest BCUT2D eigenvalue weighted by atomic mass is 16.2. The summed E-state index contributed by atoms with van der Waals surface area (Å²) in [5.41, 5.74) is 2.18. The quantitative estimate of drug-likeness (QED) is 0.801. The van der Waals surface area contributed by atoms with E-state index in [1.165, 1.54) is 5.56 Å². The molecule has 3 rings (SSSR count). The van der Waals surface area contributed by atoms with Gasteiger partial charge in [-0.2, -0.15) is 0 Å². The van der Waals surface area contributed by atoms with Gasteiger partial charge >= 0.3 is 0 Å². The van der Waals surface area contributed by atoms with Gasteiger partial charge in [-0.25, -0.2) is 0 Å². The zero-order valence-electron chi connectivity index (χ0n) is 16.4. The number of nitrogens with one attached hydrogen (secondary N) is 1. The Labute approximate surface area is 166 Å². The number of nitrogens with zero attached hydrogens (tertiary/aromatic N) is 3. The number of amides is 2. The first kappa shape index (κ1) is 20.0. The van der Waals surface area contributed by atoms with Gasteiger partial charge in [-0.1, -0.05) is 6.07 Å². The van der Waals surface area contributed by atoms with Crippen molar-refractivity contribution in [3.63, 3.8) is 0 Å². The summed E-state index contributed by atoms with van der Waals surface area (Å²) in [6.45, 7) is 1.21. The van der Waals surface area contributed by atoms with Crippen LogP contribution in [-0.2, 0) is 22.6 Å². The second-order valence-electron chi connectivity index (χ2n) is 7.49. The molecular weight excluding hydrogens is 352 g/mol. The number of pyridine rings is 2. The molecule has 1 N–H and O–H groups in total. The van der Waals surface area contributed by atoms with Gasteiger partial charge in [-0.05, 0) is 61.4 Å². The predicted molar refractivity (Wildman–Crippen MR) is 107 cm³/mol. The largest absolute Gasteiger partial charge is 0.352 e. The number of hydrogen-bond donors (Lipinski definition) is 1. The summed E-state index contributed by atoms with van der Waals surface area (Å²) in [4.78, 5) is 35.0. The van der Waals surface area contributed by atoms with E-state index >= 15 is 0 Å². The second kappa shape index (κ2) is 9.97. The Kier molecular flexibility index (Phi) is 7.12. The predicted octanol–water partition coefficient (Wildman–Crippen LogP) is 2.60. The van der Waals surface area contributed by atoms with E-state index in [9.17, 15) is 9.59 Å². The first-order valence-electron chi connectivity index (χ1n) is 9.94. The van der Waals surface area contributed by atoms with Crippen molar-refractivity contribution >= 4 is 11.8 Å². The van der Waals surface area contributed by atoms with Gasteiger partial charge in [0.2, 0.25) is 11.8 Å². The molecule has 6 nitrogen and oxygen atoms in total. The number of carbonyl (C=O) groups excluding carboxylic acids is 2. The molecule has 28 heavy (non-hydrogen) atoms. The van der Waals surface area contributed by atoms with E-state index in [1.54, 1.807) is 24.8 Å². The molecule has 0 unspecified atom stereocenters. The van der Waals surface area contributed by atoms with Crippen LogP contribution in [0.4, 0.5) is 0 Å². The Morgan fingerprint density at radius 1 is 1.00 bits per heavy atom. The van der Waals surface area contributed by atoms with Gasteiger partial charge in [0.25, 0.3) is 0 Å². The fraction of sp³-hybridized carbons (Fsp3) is 0.455. The number of likely N-dealkylation sites (N-methyl/N-ethyl adjacent to an activating group) is 1. The summed E-state index contributed by atoms with van der Waals surface area (Å²) in [6, 6.07) is 7.77. The summed E-state index contributed by atoms with van der Waals surface area (Å²) in [6.07, 6.45) is 11.0. The molecule has 1 saturated carbocycles. The van der Waals surface area contributed by atoms with Crippen LogP contribution < -0.4 is 5.32 Å². The van der Waals surface area contributed by atoms with Crippen molar-refractivity contribution in [2.75, 3.05) is 13.6 Å². The highest BCUT2D eigenvalue weighted by molar-refractivity contribution is 5.81. The van der Waals surface area contributed by atoms with Crippen molar-refractivity contribution in [2.45, 2.75) is 38.6 Å². The lowest BCUT2D eigenvalue weighted by molar-refractivity contribution is -0.137. The topological polar surface area (TPSA) is 75.2 Å². The maximum absolute atomic E-state index is 12.7. The third kappa shape index (κ3) is 5.62. The molecule has 2 amide bonds. The van der Waals surface area contributed by atoms with Crippen molar-refractivity contribution < 1.29 is 9.59 Å². The van der Waals surface area contributed by atoms with E-state index in [2.05, 4.69) is 15.3 Å². The summed E-state index contributed by atoms with van der Waals surface area (Å²) < 4.78 is 0. The van der Waals surface area contributed by atoms with Crippen LogP contribution in [0.3, 0.4) is 0 Å². The van der Waals surface area contributed by atoms with Crippen LogP contribution in [0.1, 0.15) is 36.8 Å².